The van der Waals surface area contributed by atoms with Crippen molar-refractivity contribution >= 4 is 56.9 Å². The summed E-state index contributed by atoms with van der Waals surface area (Å²) in [6.07, 6.45) is -4.95. The van der Waals surface area contributed by atoms with Gasteiger partial charge in [0.15, 0.2) is 11.4 Å². The molecule has 0 aliphatic carbocycles. The molecule has 412 valence electrons. The molecule has 0 saturated carbocycles. The molecular formula is C56H54ClF5N10O7. The number of nitrogens with zero attached hydrogens (tertiary/aromatic N) is 9. The largest absolute Gasteiger partial charge is 0.486 e. The normalized spacial score (nSPS) is 22.1. The second-order valence-electron chi connectivity index (χ2n) is 21.0. The van der Waals surface area contributed by atoms with Gasteiger partial charge in [0.25, 0.3) is 11.5 Å². The quantitative estimate of drug-likeness (QED) is 0.0669. The van der Waals surface area contributed by atoms with Crippen LogP contribution in [0.2, 0.25) is 5.02 Å². The molecule has 23 heteroatoms. The number of anilines is 2. The highest BCUT2D eigenvalue weighted by molar-refractivity contribution is 6.34. The zero-order valence-electron chi connectivity index (χ0n) is 43.6. The molecule has 5 aliphatic rings. The van der Waals surface area contributed by atoms with Gasteiger partial charge in [-0.3, -0.25) is 14.5 Å². The Morgan fingerprint density at radius 1 is 1.06 bits per heavy atom. The van der Waals surface area contributed by atoms with E-state index in [9.17, 15) is 42.3 Å². The highest BCUT2D eigenvalue weighted by Crippen LogP contribution is 2.47. The fourth-order valence-electron chi connectivity index (χ4n) is 12.4. The fourth-order valence-corrected chi connectivity index (χ4v) is 12.7. The van der Waals surface area contributed by atoms with E-state index in [0.29, 0.717) is 42.0 Å². The number of hydrogen-bond donors (Lipinski definition) is 2. The number of pyridine rings is 3. The maximum Gasteiger partial charge on any atom is 0.418 e. The number of amides is 1. The predicted molar refractivity (Wildman–Crippen MR) is 282 cm³/mol. The van der Waals surface area contributed by atoms with Gasteiger partial charge in [0.2, 0.25) is 0 Å². The van der Waals surface area contributed by atoms with E-state index in [0.717, 1.165) is 29.0 Å². The molecule has 3 saturated heterocycles. The topological polar surface area (TPSA) is 215 Å². The van der Waals surface area contributed by atoms with Crippen molar-refractivity contribution in [2.24, 2.45) is 0 Å². The molecule has 11 rings (SSSR count). The maximum absolute atomic E-state index is 17.3. The molecule has 3 N–H and O–H groups in total. The number of esters is 1. The molecule has 1 amide bonds. The first-order valence-corrected chi connectivity index (χ1v) is 26.4. The van der Waals surface area contributed by atoms with E-state index in [2.05, 4.69) is 22.6 Å². The van der Waals surface area contributed by atoms with E-state index in [1.165, 1.54) is 17.9 Å². The first-order chi connectivity index (χ1) is 37.6. The number of fused-ring (bicyclic) bond motifs is 7. The van der Waals surface area contributed by atoms with Crippen LogP contribution >= 0.6 is 11.6 Å². The minimum absolute atomic E-state index is 0.00325. The Hall–Kier alpha value is -7.48. The van der Waals surface area contributed by atoms with E-state index in [1.54, 1.807) is 41.5 Å². The number of ether oxygens (including phenoxy) is 3. The number of piperazine rings is 1. The third kappa shape index (κ3) is 8.84. The SMILES string of the molecule is C=C(C(=O)N1CCN(c2nc(OC[C@@]34CCCN3C[C@H](F)C4)nc3c(F)c(-c4nc(N)cc(C)c4C(F)(F)F)c(Cl)cc23)C[C@@H]1CC#N)[C@@H](C)Oc1ccc2nc3c(c(CC)c2c1)Cn1c-3cc2c(c1=O)COC(=O)[C@]2(O)CC. The number of aromatic nitrogens is 5. The van der Waals surface area contributed by atoms with Crippen molar-refractivity contribution in [3.8, 4) is 40.5 Å². The molecule has 0 spiro atoms. The molecular weight excluding hydrogens is 1060 g/mol. The number of carbonyl (C=O) groups excluding carboxylic acids is 2. The molecule has 6 aromatic rings. The van der Waals surface area contributed by atoms with Crippen LogP contribution in [0.25, 0.3) is 44.5 Å². The highest BCUT2D eigenvalue weighted by Gasteiger charge is 2.50. The number of alkyl halides is 4. The summed E-state index contributed by atoms with van der Waals surface area (Å²) in [4.78, 5) is 64.4. The first kappa shape index (κ1) is 53.5. The third-order valence-corrected chi connectivity index (χ3v) is 16.7. The lowest BCUT2D eigenvalue weighted by Gasteiger charge is -2.42. The van der Waals surface area contributed by atoms with Gasteiger partial charge in [0, 0.05) is 60.1 Å². The van der Waals surface area contributed by atoms with Crippen molar-refractivity contribution in [3.63, 3.8) is 0 Å². The van der Waals surface area contributed by atoms with Crippen LogP contribution in [0.5, 0.6) is 11.8 Å². The number of halogens is 6. The Bertz CT molecular complexity index is 3700. The number of aliphatic hydroxyl groups is 1. The van der Waals surface area contributed by atoms with E-state index in [1.807, 2.05) is 17.9 Å². The Balaban J connectivity index is 0.873. The number of cyclic esters (lactones) is 1. The number of benzene rings is 2. The van der Waals surface area contributed by atoms with Gasteiger partial charge in [-0.05, 0) is 93.6 Å². The molecule has 79 heavy (non-hydrogen) atoms. The number of nitriles is 1. The van der Waals surface area contributed by atoms with Gasteiger partial charge in [0.1, 0.15) is 48.4 Å². The van der Waals surface area contributed by atoms with Crippen LogP contribution in [0, 0.1) is 24.1 Å². The van der Waals surface area contributed by atoms with Crippen LogP contribution in [0.1, 0.15) is 86.3 Å². The van der Waals surface area contributed by atoms with Crippen LogP contribution in [-0.2, 0) is 45.7 Å². The highest BCUT2D eigenvalue weighted by atomic mass is 35.5. The summed E-state index contributed by atoms with van der Waals surface area (Å²) in [6.45, 7) is 11.4. The van der Waals surface area contributed by atoms with Gasteiger partial charge in [-0.2, -0.15) is 28.4 Å². The maximum atomic E-state index is 17.3. The summed E-state index contributed by atoms with van der Waals surface area (Å²) < 4.78 is 95.5. The molecule has 4 aromatic heterocycles. The summed E-state index contributed by atoms with van der Waals surface area (Å²) in [5, 5.41) is 21.8. The molecule has 2 aromatic carbocycles. The van der Waals surface area contributed by atoms with Gasteiger partial charge in [-0.25, -0.2) is 23.5 Å². The van der Waals surface area contributed by atoms with Gasteiger partial charge in [0.05, 0.1) is 74.9 Å². The zero-order chi connectivity index (χ0) is 56.2. The fraction of sp³-hybridized carbons (Fsp3) is 0.429. The predicted octanol–water partition coefficient (Wildman–Crippen LogP) is 8.26. The first-order valence-electron chi connectivity index (χ1n) is 26.1. The zero-order valence-corrected chi connectivity index (χ0v) is 44.3. The Labute approximate surface area is 454 Å². The molecule has 3 fully saturated rings. The van der Waals surface area contributed by atoms with Crippen molar-refractivity contribution in [1.82, 2.24) is 34.3 Å². The van der Waals surface area contributed by atoms with Crippen molar-refractivity contribution < 1.29 is 50.9 Å². The molecule has 5 aliphatic heterocycles. The minimum Gasteiger partial charge on any atom is -0.486 e. The molecule has 17 nitrogen and oxygen atoms in total. The van der Waals surface area contributed by atoms with Crippen LogP contribution < -0.4 is 25.7 Å². The van der Waals surface area contributed by atoms with Crippen LogP contribution in [0.15, 0.2) is 53.3 Å². The van der Waals surface area contributed by atoms with E-state index in [4.69, 9.17) is 41.5 Å². The van der Waals surface area contributed by atoms with Crippen molar-refractivity contribution in [2.45, 2.75) is 115 Å². The van der Waals surface area contributed by atoms with Crippen LogP contribution in [0.4, 0.5) is 33.6 Å². The summed E-state index contributed by atoms with van der Waals surface area (Å²) >= 11 is 6.75. The second-order valence-corrected chi connectivity index (χ2v) is 21.4. The number of rotatable bonds is 12. The third-order valence-electron chi connectivity index (χ3n) is 16.4. The molecule has 5 atom stereocenters. The molecule has 0 radical (unpaired) electrons. The molecule has 0 unspecified atom stereocenters. The Kier molecular flexibility index (Phi) is 13.3. The van der Waals surface area contributed by atoms with Crippen molar-refractivity contribution in [1.29, 1.82) is 5.26 Å². The van der Waals surface area contributed by atoms with E-state index >= 15 is 4.39 Å². The van der Waals surface area contributed by atoms with E-state index < -0.39 is 80.7 Å². The van der Waals surface area contributed by atoms with Crippen LogP contribution in [0.3, 0.4) is 0 Å². The number of nitrogens with two attached hydrogens (primary N) is 1. The van der Waals surface area contributed by atoms with E-state index in [-0.39, 0.29) is 116 Å². The summed E-state index contributed by atoms with van der Waals surface area (Å²) in [7, 11) is 0. The smallest absolute Gasteiger partial charge is 0.418 e. The lowest BCUT2D eigenvalue weighted by atomic mass is 9.86. The average molecular weight is 1110 g/mol. The van der Waals surface area contributed by atoms with Gasteiger partial charge >= 0.3 is 18.2 Å². The molecule has 0 bridgehead atoms. The van der Waals surface area contributed by atoms with Gasteiger partial charge in [-0.15, -0.1) is 0 Å². The van der Waals surface area contributed by atoms with Crippen LogP contribution in [-0.4, -0.2) is 114 Å². The number of hydrogen-bond acceptors (Lipinski definition) is 15. The number of nitrogen functional groups attached to an aromatic ring is 1. The summed E-state index contributed by atoms with van der Waals surface area (Å²) in [5.41, 5.74) is 3.22. The molecule has 9 heterocycles. The van der Waals surface area contributed by atoms with Crippen molar-refractivity contribution in [2.75, 3.05) is 50.0 Å². The monoisotopic (exact) mass is 1110 g/mol. The summed E-state index contributed by atoms with van der Waals surface area (Å²) in [5.74, 6) is -2.41. The van der Waals surface area contributed by atoms with Gasteiger partial charge in [-0.1, -0.05) is 32.0 Å². The Morgan fingerprint density at radius 2 is 1.85 bits per heavy atom. The number of carbonyl (C=O) groups is 2. The lowest BCUT2D eigenvalue weighted by molar-refractivity contribution is -0.172. The lowest BCUT2D eigenvalue weighted by Crippen LogP contribution is -2.56. The Morgan fingerprint density at radius 3 is 2.58 bits per heavy atom. The summed E-state index contributed by atoms with van der Waals surface area (Å²) in [6, 6.07) is 10.2. The van der Waals surface area contributed by atoms with Gasteiger partial charge < -0.3 is 39.4 Å². The van der Waals surface area contributed by atoms with Crippen molar-refractivity contribution in [3.05, 3.63) is 103 Å². The minimum atomic E-state index is -4.98. The average Bonchev–Trinajstić information content (AvgIpc) is 4.32. The standard InChI is InChI=1S/C56H54ClF5N10O7/c1-6-33-34-18-32(9-10-40(34)65-46-36(33)24-72-41(46)20-38-37(51(72)74)25-77-52(75)55(38,76)7-2)79-29(5)28(4)50(73)71-16-15-69(23-31(71)11-13-63)49-35-19-39(57)43(48-44(56(60,61)62)27(3)17-42(64)66-48)45(59)47(35)67-53(68-49)78-26-54-12-8-14-70(54)22-30(58)21-54/h9-10,17-20,29-31,76H,4,6-8,11-12,14-16,21-26H2,1-3,5H3,(H2,64,66)/t29-,30-,31+,54+,55+/m1/s1. The second kappa shape index (κ2) is 19.7. The number of aryl methyl sites for hydroxylation is 2.